The van der Waals surface area contributed by atoms with Gasteiger partial charge in [0.05, 0.1) is 0 Å². The summed E-state index contributed by atoms with van der Waals surface area (Å²) in [5.41, 5.74) is 8.63. The second-order valence-electron chi connectivity index (χ2n) is 4.29. The van der Waals surface area contributed by atoms with E-state index < -0.39 is 0 Å². The van der Waals surface area contributed by atoms with Gasteiger partial charge in [-0.05, 0) is 48.3 Å². The molecular weight excluding hydrogens is 298 g/mol. The molecule has 4 heteroatoms. The standard InChI is InChI=1S/C13H16BrNOS/c1-7-8(2)16-9(3)13(7)12(15)5-11-4-10(14)6-17-11/h4,6,12H,5,15H2,1-3H3. The number of hydrogen-bond acceptors (Lipinski definition) is 3. The quantitative estimate of drug-likeness (QED) is 0.919. The first-order valence-corrected chi connectivity index (χ1v) is 7.21. The molecule has 0 aromatic carbocycles. The van der Waals surface area contributed by atoms with Gasteiger partial charge >= 0.3 is 0 Å². The maximum absolute atomic E-state index is 6.28. The molecule has 1 unspecified atom stereocenters. The van der Waals surface area contributed by atoms with E-state index in [0.717, 1.165) is 28.0 Å². The molecule has 2 aromatic rings. The van der Waals surface area contributed by atoms with E-state index in [1.165, 1.54) is 10.4 Å². The van der Waals surface area contributed by atoms with Gasteiger partial charge in [-0.25, -0.2) is 0 Å². The minimum atomic E-state index is 0.0120. The van der Waals surface area contributed by atoms with Gasteiger partial charge in [-0.1, -0.05) is 0 Å². The van der Waals surface area contributed by atoms with Crippen molar-refractivity contribution in [3.63, 3.8) is 0 Å². The molecule has 2 N–H and O–H groups in total. The summed E-state index contributed by atoms with van der Waals surface area (Å²) in [5, 5.41) is 2.09. The molecule has 0 aliphatic heterocycles. The maximum Gasteiger partial charge on any atom is 0.106 e. The van der Waals surface area contributed by atoms with Crippen molar-refractivity contribution in [2.24, 2.45) is 5.73 Å². The molecule has 0 aliphatic carbocycles. The fourth-order valence-electron chi connectivity index (χ4n) is 2.13. The molecule has 0 aliphatic rings. The predicted molar refractivity (Wildman–Crippen MR) is 75.6 cm³/mol. The second kappa shape index (κ2) is 4.96. The lowest BCUT2D eigenvalue weighted by molar-refractivity contribution is 0.496. The van der Waals surface area contributed by atoms with Crippen LogP contribution >= 0.6 is 27.3 Å². The fraction of sp³-hybridized carbons (Fsp3) is 0.385. The zero-order valence-corrected chi connectivity index (χ0v) is 12.6. The van der Waals surface area contributed by atoms with Crippen molar-refractivity contribution in [3.8, 4) is 0 Å². The largest absolute Gasteiger partial charge is 0.466 e. The average molecular weight is 314 g/mol. The zero-order valence-electron chi connectivity index (χ0n) is 10.2. The van der Waals surface area contributed by atoms with Crippen molar-refractivity contribution in [2.75, 3.05) is 0 Å². The lowest BCUT2D eigenvalue weighted by atomic mass is 10.00. The molecule has 0 amide bonds. The van der Waals surface area contributed by atoms with Gasteiger partial charge in [-0.2, -0.15) is 0 Å². The summed E-state index contributed by atoms with van der Waals surface area (Å²) in [7, 11) is 0. The summed E-state index contributed by atoms with van der Waals surface area (Å²) >= 11 is 5.20. The Balaban J connectivity index is 2.22. The van der Waals surface area contributed by atoms with Gasteiger partial charge in [-0.3, -0.25) is 0 Å². The zero-order chi connectivity index (χ0) is 12.6. The SMILES string of the molecule is Cc1oc(C)c(C(N)Cc2cc(Br)cs2)c1C. The van der Waals surface area contributed by atoms with Crippen LogP contribution in [-0.2, 0) is 6.42 Å². The molecule has 1 atom stereocenters. The summed E-state index contributed by atoms with van der Waals surface area (Å²) in [4.78, 5) is 1.29. The van der Waals surface area contributed by atoms with Crippen molar-refractivity contribution in [1.29, 1.82) is 0 Å². The lowest BCUT2D eigenvalue weighted by Crippen LogP contribution is -2.14. The van der Waals surface area contributed by atoms with Gasteiger partial charge in [0.15, 0.2) is 0 Å². The molecule has 0 saturated heterocycles. The first kappa shape index (κ1) is 12.9. The number of furan rings is 1. The van der Waals surface area contributed by atoms with E-state index in [2.05, 4.69) is 34.3 Å². The summed E-state index contributed by atoms with van der Waals surface area (Å²) < 4.78 is 6.75. The highest BCUT2D eigenvalue weighted by Crippen LogP contribution is 2.30. The Hall–Kier alpha value is -0.580. The molecule has 0 radical (unpaired) electrons. The molecule has 0 bridgehead atoms. The van der Waals surface area contributed by atoms with Gasteiger partial charge in [0.1, 0.15) is 11.5 Å². The third kappa shape index (κ3) is 2.64. The van der Waals surface area contributed by atoms with E-state index >= 15 is 0 Å². The van der Waals surface area contributed by atoms with E-state index in [-0.39, 0.29) is 6.04 Å². The van der Waals surface area contributed by atoms with E-state index in [0.29, 0.717) is 0 Å². The smallest absolute Gasteiger partial charge is 0.106 e. The van der Waals surface area contributed by atoms with Crippen LogP contribution in [0.25, 0.3) is 0 Å². The number of hydrogen-bond donors (Lipinski definition) is 1. The van der Waals surface area contributed by atoms with Crippen LogP contribution in [0.1, 0.15) is 33.6 Å². The number of rotatable bonds is 3. The number of halogens is 1. The normalized spacial score (nSPS) is 13.0. The predicted octanol–water partition coefficient (Wildman–Crippen LogP) is 4.27. The van der Waals surface area contributed by atoms with Crippen LogP contribution in [0, 0.1) is 20.8 Å². The third-order valence-electron chi connectivity index (χ3n) is 3.03. The minimum absolute atomic E-state index is 0.0120. The maximum atomic E-state index is 6.28. The summed E-state index contributed by atoms with van der Waals surface area (Å²) in [6.45, 7) is 6.05. The highest BCUT2D eigenvalue weighted by Gasteiger charge is 2.18. The highest BCUT2D eigenvalue weighted by molar-refractivity contribution is 9.10. The van der Waals surface area contributed by atoms with Gasteiger partial charge in [-0.15, -0.1) is 11.3 Å². The number of nitrogens with two attached hydrogens (primary N) is 1. The average Bonchev–Trinajstić information content (AvgIpc) is 2.73. The number of aryl methyl sites for hydroxylation is 2. The molecule has 92 valence electrons. The van der Waals surface area contributed by atoms with Crippen LogP contribution in [0.4, 0.5) is 0 Å². The molecule has 2 nitrogen and oxygen atoms in total. The summed E-state index contributed by atoms with van der Waals surface area (Å²) in [6, 6.07) is 2.14. The Morgan fingerprint density at radius 2 is 2.06 bits per heavy atom. The van der Waals surface area contributed by atoms with Crippen LogP contribution in [-0.4, -0.2) is 0 Å². The monoisotopic (exact) mass is 313 g/mol. The first-order chi connectivity index (χ1) is 7.99. The Labute approximate surface area is 114 Å². The van der Waals surface area contributed by atoms with Gasteiger partial charge in [0, 0.05) is 32.8 Å². The van der Waals surface area contributed by atoms with Crippen molar-refractivity contribution >= 4 is 27.3 Å². The molecular formula is C13H16BrNOS. The Morgan fingerprint density at radius 1 is 1.35 bits per heavy atom. The second-order valence-corrected chi connectivity index (χ2v) is 6.21. The number of thiophene rings is 1. The van der Waals surface area contributed by atoms with Crippen LogP contribution in [0.2, 0.25) is 0 Å². The first-order valence-electron chi connectivity index (χ1n) is 5.54. The van der Waals surface area contributed by atoms with Crippen LogP contribution in [0.15, 0.2) is 20.3 Å². The topological polar surface area (TPSA) is 39.2 Å². The summed E-state index contributed by atoms with van der Waals surface area (Å²) in [6.07, 6.45) is 0.858. The van der Waals surface area contributed by atoms with E-state index in [9.17, 15) is 0 Å². The third-order valence-corrected chi connectivity index (χ3v) is 4.75. The fourth-order valence-corrected chi connectivity index (χ4v) is 3.64. The highest BCUT2D eigenvalue weighted by atomic mass is 79.9. The van der Waals surface area contributed by atoms with Gasteiger partial charge in [0.25, 0.3) is 0 Å². The molecule has 2 rings (SSSR count). The van der Waals surface area contributed by atoms with Crippen LogP contribution in [0.5, 0.6) is 0 Å². The Bertz CT molecular complexity index is 530. The van der Waals surface area contributed by atoms with Crippen LogP contribution in [0.3, 0.4) is 0 Å². The van der Waals surface area contributed by atoms with Crippen molar-refractivity contribution < 1.29 is 4.42 Å². The molecule has 2 aromatic heterocycles. The van der Waals surface area contributed by atoms with Crippen molar-refractivity contribution in [2.45, 2.75) is 33.2 Å². The molecule has 0 saturated carbocycles. The van der Waals surface area contributed by atoms with E-state index in [1.807, 2.05) is 13.8 Å². The van der Waals surface area contributed by atoms with Crippen LogP contribution < -0.4 is 5.73 Å². The minimum Gasteiger partial charge on any atom is -0.466 e. The van der Waals surface area contributed by atoms with Crippen molar-refractivity contribution in [3.05, 3.63) is 43.4 Å². The molecule has 0 spiro atoms. The Kier molecular flexibility index (Phi) is 3.76. The summed E-state index contributed by atoms with van der Waals surface area (Å²) in [5.74, 6) is 1.92. The van der Waals surface area contributed by atoms with Gasteiger partial charge in [0.2, 0.25) is 0 Å². The lowest BCUT2D eigenvalue weighted by Gasteiger charge is -2.10. The molecule has 2 heterocycles. The Morgan fingerprint density at radius 3 is 2.53 bits per heavy atom. The van der Waals surface area contributed by atoms with E-state index in [1.54, 1.807) is 11.3 Å². The van der Waals surface area contributed by atoms with Crippen molar-refractivity contribution in [1.82, 2.24) is 0 Å². The van der Waals surface area contributed by atoms with E-state index in [4.69, 9.17) is 10.2 Å². The van der Waals surface area contributed by atoms with Gasteiger partial charge < -0.3 is 10.2 Å². The molecule has 17 heavy (non-hydrogen) atoms. The molecule has 0 fully saturated rings.